The van der Waals surface area contributed by atoms with E-state index >= 15 is 0 Å². The quantitative estimate of drug-likeness (QED) is 0.725. The first-order valence-corrected chi connectivity index (χ1v) is 7.12. The lowest BCUT2D eigenvalue weighted by atomic mass is 10.1. The van der Waals surface area contributed by atoms with Gasteiger partial charge in [0.15, 0.2) is 0 Å². The van der Waals surface area contributed by atoms with Crippen molar-refractivity contribution in [2.75, 3.05) is 0 Å². The second kappa shape index (κ2) is 6.31. The van der Waals surface area contributed by atoms with Crippen LogP contribution in [-0.4, -0.2) is 19.8 Å². The molecule has 116 valence electrons. The summed E-state index contributed by atoms with van der Waals surface area (Å²) in [6, 6.07) is 15.1. The van der Waals surface area contributed by atoms with E-state index in [1.54, 1.807) is 13.1 Å². The molecule has 3 rings (SSSR count). The van der Waals surface area contributed by atoms with E-state index in [9.17, 15) is 4.79 Å². The number of para-hydroxylation sites is 1. The molecule has 0 spiro atoms. The fourth-order valence-electron chi connectivity index (χ4n) is 2.28. The van der Waals surface area contributed by atoms with Gasteiger partial charge in [0, 0.05) is 12.6 Å². The van der Waals surface area contributed by atoms with Gasteiger partial charge in [-0.25, -0.2) is 4.79 Å². The van der Waals surface area contributed by atoms with Gasteiger partial charge >= 0.3 is 5.69 Å². The summed E-state index contributed by atoms with van der Waals surface area (Å²) in [7, 11) is 1.56. The number of ether oxygens (including phenoxy) is 1. The van der Waals surface area contributed by atoms with E-state index in [2.05, 4.69) is 17.0 Å². The Kier molecular flexibility index (Phi) is 4.05. The average Bonchev–Trinajstić information content (AvgIpc) is 2.92. The molecule has 0 radical (unpaired) electrons. The molecule has 0 aliphatic rings. The summed E-state index contributed by atoms with van der Waals surface area (Å²) in [5.41, 5.74) is 2.04. The Labute approximate surface area is 133 Å². The number of aryl methyl sites for hydroxylation is 1. The van der Waals surface area contributed by atoms with Gasteiger partial charge in [-0.2, -0.15) is 9.36 Å². The Hall–Kier alpha value is -3.15. The molecule has 0 saturated carbocycles. The van der Waals surface area contributed by atoms with Gasteiger partial charge < -0.3 is 4.74 Å². The van der Waals surface area contributed by atoms with E-state index < -0.39 is 0 Å². The molecule has 0 N–H and O–H groups in total. The second-order valence-corrected chi connectivity index (χ2v) is 4.95. The molecule has 0 unspecified atom stereocenters. The summed E-state index contributed by atoms with van der Waals surface area (Å²) in [5, 5.41) is 7.66. The summed E-state index contributed by atoms with van der Waals surface area (Å²) in [6.45, 7) is 4.12. The lowest BCUT2D eigenvalue weighted by molar-refractivity contribution is 0.305. The summed E-state index contributed by atoms with van der Waals surface area (Å²) in [6.07, 6.45) is 1.73. The summed E-state index contributed by atoms with van der Waals surface area (Å²) in [5.74, 6) is 0.754. The van der Waals surface area contributed by atoms with Crippen LogP contribution in [-0.2, 0) is 13.7 Å². The summed E-state index contributed by atoms with van der Waals surface area (Å²) in [4.78, 5) is 12.1. The third kappa shape index (κ3) is 2.91. The van der Waals surface area contributed by atoms with Crippen LogP contribution < -0.4 is 10.4 Å². The molecule has 0 atom stereocenters. The molecule has 1 aromatic heterocycles. The number of tetrazole rings is 1. The largest absolute Gasteiger partial charge is 0.489 e. The third-order valence-electron chi connectivity index (χ3n) is 3.48. The van der Waals surface area contributed by atoms with E-state index in [-0.39, 0.29) is 5.69 Å². The van der Waals surface area contributed by atoms with Crippen molar-refractivity contribution in [3.05, 3.63) is 76.7 Å². The topological polar surface area (TPSA) is 61.9 Å². The van der Waals surface area contributed by atoms with Crippen LogP contribution in [0.1, 0.15) is 11.1 Å². The van der Waals surface area contributed by atoms with Gasteiger partial charge in [0.05, 0.1) is 5.69 Å². The fraction of sp³-hybridized carbons (Fsp3) is 0.118. The summed E-state index contributed by atoms with van der Waals surface area (Å²) >= 11 is 0. The van der Waals surface area contributed by atoms with Gasteiger partial charge in [-0.05, 0) is 34.2 Å². The Balaban J connectivity index is 2.02. The smallest absolute Gasteiger partial charge is 0.368 e. The van der Waals surface area contributed by atoms with Gasteiger partial charge in [-0.3, -0.25) is 0 Å². The number of rotatable bonds is 5. The lowest BCUT2D eigenvalue weighted by Crippen LogP contribution is -2.23. The lowest BCUT2D eigenvalue weighted by Gasteiger charge is -2.13. The van der Waals surface area contributed by atoms with Crippen molar-refractivity contribution in [3.63, 3.8) is 0 Å². The summed E-state index contributed by atoms with van der Waals surface area (Å²) < 4.78 is 8.27. The number of hydrogen-bond acceptors (Lipinski definition) is 4. The van der Waals surface area contributed by atoms with E-state index in [0.717, 1.165) is 16.9 Å². The van der Waals surface area contributed by atoms with Crippen LogP contribution in [0.5, 0.6) is 5.75 Å². The van der Waals surface area contributed by atoms with E-state index in [4.69, 9.17) is 4.74 Å². The number of nitrogens with zero attached hydrogens (tertiary/aromatic N) is 4. The molecule has 6 nitrogen and oxygen atoms in total. The van der Waals surface area contributed by atoms with Crippen LogP contribution in [0.3, 0.4) is 0 Å². The van der Waals surface area contributed by atoms with Crippen LogP contribution >= 0.6 is 0 Å². The maximum Gasteiger partial charge on any atom is 0.368 e. The minimum atomic E-state index is -0.313. The van der Waals surface area contributed by atoms with Crippen molar-refractivity contribution in [2.24, 2.45) is 7.05 Å². The molecule has 0 fully saturated rings. The van der Waals surface area contributed by atoms with Gasteiger partial charge in [0.1, 0.15) is 12.4 Å². The normalized spacial score (nSPS) is 10.5. The Morgan fingerprint density at radius 3 is 2.57 bits per heavy atom. The van der Waals surface area contributed by atoms with Crippen molar-refractivity contribution in [3.8, 4) is 11.4 Å². The molecule has 0 aliphatic carbocycles. The predicted molar refractivity (Wildman–Crippen MR) is 87.5 cm³/mol. The van der Waals surface area contributed by atoms with Crippen molar-refractivity contribution in [1.29, 1.82) is 0 Å². The molecule has 2 aromatic carbocycles. The van der Waals surface area contributed by atoms with Crippen molar-refractivity contribution >= 4 is 6.08 Å². The van der Waals surface area contributed by atoms with Crippen LogP contribution in [0.25, 0.3) is 11.8 Å². The Bertz CT molecular complexity index is 881. The van der Waals surface area contributed by atoms with Crippen LogP contribution in [0.4, 0.5) is 0 Å². The molecule has 0 bridgehead atoms. The maximum absolute atomic E-state index is 12.1. The second-order valence-electron chi connectivity index (χ2n) is 4.95. The first-order chi connectivity index (χ1) is 11.2. The molecule has 0 amide bonds. The zero-order valence-electron chi connectivity index (χ0n) is 12.7. The molecule has 3 aromatic rings. The average molecular weight is 308 g/mol. The highest BCUT2D eigenvalue weighted by Gasteiger charge is 2.14. The number of hydrogen-bond donors (Lipinski definition) is 0. The van der Waals surface area contributed by atoms with Crippen molar-refractivity contribution in [1.82, 2.24) is 19.8 Å². The highest BCUT2D eigenvalue weighted by atomic mass is 16.5. The SMILES string of the molecule is C=Cc1cccc(-n2nnn(C)c2=O)c1COc1ccccc1. The van der Waals surface area contributed by atoms with Crippen LogP contribution in [0, 0.1) is 0 Å². The molecular weight excluding hydrogens is 292 g/mol. The van der Waals surface area contributed by atoms with Crippen molar-refractivity contribution < 1.29 is 4.74 Å². The van der Waals surface area contributed by atoms with Crippen LogP contribution in [0.2, 0.25) is 0 Å². The first-order valence-electron chi connectivity index (χ1n) is 7.12. The van der Waals surface area contributed by atoms with Gasteiger partial charge in [0.2, 0.25) is 0 Å². The zero-order valence-corrected chi connectivity index (χ0v) is 12.7. The van der Waals surface area contributed by atoms with E-state index in [1.165, 1.54) is 9.36 Å². The molecule has 0 aliphatic heterocycles. The molecular formula is C17H16N4O2. The Morgan fingerprint density at radius 1 is 1.13 bits per heavy atom. The highest BCUT2D eigenvalue weighted by molar-refractivity contribution is 5.58. The Morgan fingerprint density at radius 2 is 1.91 bits per heavy atom. The minimum Gasteiger partial charge on any atom is -0.489 e. The monoisotopic (exact) mass is 308 g/mol. The zero-order chi connectivity index (χ0) is 16.2. The van der Waals surface area contributed by atoms with Gasteiger partial charge in [0.25, 0.3) is 0 Å². The van der Waals surface area contributed by atoms with Gasteiger partial charge in [-0.1, -0.05) is 43.0 Å². The number of aromatic nitrogens is 4. The predicted octanol–water partition coefficient (Wildman–Crippen LogP) is 2.19. The highest BCUT2D eigenvalue weighted by Crippen LogP contribution is 2.21. The van der Waals surface area contributed by atoms with E-state index in [1.807, 2.05) is 48.5 Å². The minimum absolute atomic E-state index is 0.296. The molecule has 6 heteroatoms. The standard InChI is InChI=1S/C17H16N4O2/c1-3-13-8-7-11-16(21-17(22)20(2)18-19-21)15(13)12-23-14-9-5-4-6-10-14/h3-11H,1,12H2,2H3. The number of benzene rings is 2. The van der Waals surface area contributed by atoms with Gasteiger partial charge in [-0.15, -0.1) is 0 Å². The third-order valence-corrected chi connectivity index (χ3v) is 3.48. The van der Waals surface area contributed by atoms with Crippen molar-refractivity contribution in [2.45, 2.75) is 6.61 Å². The maximum atomic E-state index is 12.1. The first kappa shape index (κ1) is 14.8. The van der Waals surface area contributed by atoms with E-state index in [0.29, 0.717) is 12.3 Å². The fourth-order valence-corrected chi connectivity index (χ4v) is 2.28. The molecule has 1 heterocycles. The molecule has 23 heavy (non-hydrogen) atoms. The molecule has 0 saturated heterocycles. The van der Waals surface area contributed by atoms with Crippen LogP contribution in [0.15, 0.2) is 59.9 Å².